The normalized spacial score (nSPS) is 13.2. The van der Waals surface area contributed by atoms with Gasteiger partial charge in [0.15, 0.2) is 0 Å². The summed E-state index contributed by atoms with van der Waals surface area (Å²) in [5.74, 6) is 2.00. The van der Waals surface area contributed by atoms with Gasteiger partial charge in [-0.3, -0.25) is 0 Å². The van der Waals surface area contributed by atoms with Crippen molar-refractivity contribution in [3.8, 4) is 0 Å². The topological polar surface area (TPSA) is 37.8 Å². The molecule has 0 aliphatic carbocycles. The van der Waals surface area contributed by atoms with Crippen molar-refractivity contribution in [2.24, 2.45) is 5.92 Å². The molecule has 0 aliphatic heterocycles. The SMILES string of the molecule is CCC(Nc1cc(C(C)C)ncn1)C(C)C. The van der Waals surface area contributed by atoms with Gasteiger partial charge in [0.1, 0.15) is 12.1 Å². The third-order valence-corrected chi connectivity index (χ3v) is 2.86. The standard InChI is InChI=1S/C13H23N3/c1-6-11(9(2)3)16-13-7-12(10(4)5)14-8-15-13/h7-11H,6H2,1-5H3,(H,14,15,16). The smallest absolute Gasteiger partial charge is 0.129 e. The molecule has 1 aromatic heterocycles. The van der Waals surface area contributed by atoms with Gasteiger partial charge in [-0.15, -0.1) is 0 Å². The van der Waals surface area contributed by atoms with E-state index in [1.807, 2.05) is 0 Å². The number of aromatic nitrogens is 2. The van der Waals surface area contributed by atoms with Crippen LogP contribution in [0.5, 0.6) is 0 Å². The third-order valence-electron chi connectivity index (χ3n) is 2.86. The summed E-state index contributed by atoms with van der Waals surface area (Å²) in [6.45, 7) is 10.9. The zero-order chi connectivity index (χ0) is 12.1. The van der Waals surface area contributed by atoms with Gasteiger partial charge in [0.05, 0.1) is 0 Å². The molecular formula is C13H23N3. The van der Waals surface area contributed by atoms with Gasteiger partial charge in [-0.2, -0.15) is 0 Å². The van der Waals surface area contributed by atoms with E-state index in [1.165, 1.54) is 0 Å². The first-order valence-corrected chi connectivity index (χ1v) is 6.13. The summed E-state index contributed by atoms with van der Waals surface area (Å²) in [7, 11) is 0. The molecule has 0 fully saturated rings. The highest BCUT2D eigenvalue weighted by molar-refractivity contribution is 5.36. The Morgan fingerprint density at radius 1 is 1.19 bits per heavy atom. The maximum atomic E-state index is 4.27. The van der Waals surface area contributed by atoms with Crippen molar-refractivity contribution in [1.29, 1.82) is 0 Å². The van der Waals surface area contributed by atoms with Crippen molar-refractivity contribution in [3.63, 3.8) is 0 Å². The molecule has 1 N–H and O–H groups in total. The van der Waals surface area contributed by atoms with E-state index in [0.29, 0.717) is 17.9 Å². The molecule has 16 heavy (non-hydrogen) atoms. The molecular weight excluding hydrogens is 198 g/mol. The van der Waals surface area contributed by atoms with Crippen LogP contribution in [0.3, 0.4) is 0 Å². The average molecular weight is 221 g/mol. The number of anilines is 1. The quantitative estimate of drug-likeness (QED) is 0.827. The van der Waals surface area contributed by atoms with Crippen molar-refractivity contribution >= 4 is 5.82 Å². The van der Waals surface area contributed by atoms with Crippen molar-refractivity contribution in [2.45, 2.75) is 53.0 Å². The Morgan fingerprint density at radius 3 is 2.38 bits per heavy atom. The van der Waals surface area contributed by atoms with E-state index in [9.17, 15) is 0 Å². The summed E-state index contributed by atoms with van der Waals surface area (Å²) in [6.07, 6.45) is 2.75. The largest absolute Gasteiger partial charge is 0.367 e. The van der Waals surface area contributed by atoms with Gasteiger partial charge < -0.3 is 5.32 Å². The summed E-state index contributed by atoms with van der Waals surface area (Å²) in [4.78, 5) is 8.54. The van der Waals surface area contributed by atoms with Crippen LogP contribution in [0.2, 0.25) is 0 Å². The van der Waals surface area contributed by atoms with Crippen LogP contribution >= 0.6 is 0 Å². The van der Waals surface area contributed by atoms with Crippen LogP contribution in [0.25, 0.3) is 0 Å². The molecule has 1 aromatic rings. The maximum absolute atomic E-state index is 4.27. The van der Waals surface area contributed by atoms with Crippen LogP contribution in [0.1, 0.15) is 52.7 Å². The van der Waals surface area contributed by atoms with Gasteiger partial charge >= 0.3 is 0 Å². The Bertz CT molecular complexity index is 321. The number of nitrogens with zero attached hydrogens (tertiary/aromatic N) is 2. The van der Waals surface area contributed by atoms with Gasteiger partial charge in [0, 0.05) is 17.8 Å². The predicted molar refractivity (Wildman–Crippen MR) is 68.7 cm³/mol. The molecule has 0 saturated carbocycles. The second kappa shape index (κ2) is 5.83. The third kappa shape index (κ3) is 3.47. The van der Waals surface area contributed by atoms with Gasteiger partial charge in [-0.1, -0.05) is 34.6 Å². The summed E-state index contributed by atoms with van der Waals surface area (Å²) >= 11 is 0. The molecule has 3 nitrogen and oxygen atoms in total. The van der Waals surface area contributed by atoms with E-state index >= 15 is 0 Å². The van der Waals surface area contributed by atoms with E-state index in [-0.39, 0.29) is 0 Å². The summed E-state index contributed by atoms with van der Waals surface area (Å²) in [5.41, 5.74) is 1.09. The molecule has 1 atom stereocenters. The number of rotatable bonds is 5. The monoisotopic (exact) mass is 221 g/mol. The van der Waals surface area contributed by atoms with Gasteiger partial charge in [-0.05, 0) is 18.3 Å². The van der Waals surface area contributed by atoms with Crippen LogP contribution in [-0.4, -0.2) is 16.0 Å². The zero-order valence-electron chi connectivity index (χ0n) is 11.0. The Kier molecular flexibility index (Phi) is 4.71. The highest BCUT2D eigenvalue weighted by atomic mass is 15.0. The van der Waals surface area contributed by atoms with E-state index in [0.717, 1.165) is 17.9 Å². The van der Waals surface area contributed by atoms with E-state index in [1.54, 1.807) is 6.33 Å². The Balaban J connectivity index is 2.76. The molecule has 0 radical (unpaired) electrons. The lowest BCUT2D eigenvalue weighted by Gasteiger charge is -2.21. The fourth-order valence-electron chi connectivity index (χ4n) is 1.70. The minimum absolute atomic E-state index is 0.447. The molecule has 90 valence electrons. The summed E-state index contributed by atoms with van der Waals surface area (Å²) in [6, 6.07) is 2.53. The maximum Gasteiger partial charge on any atom is 0.129 e. The number of hydrogen-bond acceptors (Lipinski definition) is 3. The van der Waals surface area contributed by atoms with Gasteiger partial charge in [-0.25, -0.2) is 9.97 Å². The molecule has 0 aliphatic rings. The first-order valence-electron chi connectivity index (χ1n) is 6.13. The molecule has 0 saturated heterocycles. The second-order valence-electron chi connectivity index (χ2n) is 4.89. The molecule has 1 unspecified atom stereocenters. The predicted octanol–water partition coefficient (Wildman–Crippen LogP) is 3.45. The highest BCUT2D eigenvalue weighted by Gasteiger charge is 2.11. The first-order chi connectivity index (χ1) is 7.54. The van der Waals surface area contributed by atoms with E-state index in [2.05, 4.69) is 56.0 Å². The lowest BCUT2D eigenvalue weighted by Crippen LogP contribution is -2.25. The second-order valence-corrected chi connectivity index (χ2v) is 4.89. The fraction of sp³-hybridized carbons (Fsp3) is 0.692. The van der Waals surface area contributed by atoms with Crippen molar-refractivity contribution in [3.05, 3.63) is 18.1 Å². The first kappa shape index (κ1) is 12.9. The van der Waals surface area contributed by atoms with E-state index < -0.39 is 0 Å². The minimum atomic E-state index is 0.447. The molecule has 1 heterocycles. The van der Waals surface area contributed by atoms with Crippen LogP contribution < -0.4 is 5.32 Å². The van der Waals surface area contributed by atoms with Crippen LogP contribution in [0, 0.1) is 5.92 Å². The highest BCUT2D eigenvalue weighted by Crippen LogP contribution is 2.17. The molecule has 0 aromatic carbocycles. The zero-order valence-corrected chi connectivity index (χ0v) is 11.0. The van der Waals surface area contributed by atoms with Crippen molar-refractivity contribution in [1.82, 2.24) is 9.97 Å². The van der Waals surface area contributed by atoms with Crippen molar-refractivity contribution in [2.75, 3.05) is 5.32 Å². The lowest BCUT2D eigenvalue weighted by atomic mass is 10.0. The Morgan fingerprint density at radius 2 is 1.88 bits per heavy atom. The van der Waals surface area contributed by atoms with Crippen LogP contribution in [0.15, 0.2) is 12.4 Å². The number of nitrogens with one attached hydrogen (secondary N) is 1. The minimum Gasteiger partial charge on any atom is -0.367 e. The van der Waals surface area contributed by atoms with Crippen molar-refractivity contribution < 1.29 is 0 Å². The Hall–Kier alpha value is -1.12. The lowest BCUT2D eigenvalue weighted by molar-refractivity contribution is 0.509. The summed E-state index contributed by atoms with van der Waals surface area (Å²) < 4.78 is 0. The van der Waals surface area contributed by atoms with Crippen LogP contribution in [0.4, 0.5) is 5.82 Å². The van der Waals surface area contributed by atoms with Gasteiger partial charge in [0.2, 0.25) is 0 Å². The molecule has 0 bridgehead atoms. The summed E-state index contributed by atoms with van der Waals surface area (Å²) in [5, 5.41) is 3.47. The molecule has 0 amide bonds. The fourth-order valence-corrected chi connectivity index (χ4v) is 1.70. The van der Waals surface area contributed by atoms with E-state index in [4.69, 9.17) is 0 Å². The molecule has 1 rings (SSSR count). The Labute approximate surface area is 98.7 Å². The van der Waals surface area contributed by atoms with Gasteiger partial charge in [0.25, 0.3) is 0 Å². The molecule has 3 heteroatoms. The molecule has 0 spiro atoms. The number of hydrogen-bond donors (Lipinski definition) is 1. The average Bonchev–Trinajstić information content (AvgIpc) is 2.25. The van der Waals surface area contributed by atoms with Crippen LogP contribution in [-0.2, 0) is 0 Å².